The number of likely N-dealkylation sites (tertiary alicyclic amines) is 1. The molecule has 3 atom stereocenters. The summed E-state index contributed by atoms with van der Waals surface area (Å²) in [4.78, 5) is 32.7. The van der Waals surface area contributed by atoms with Crippen molar-refractivity contribution >= 4 is 11.9 Å². The molecular formula is C27H27FN8O. The van der Waals surface area contributed by atoms with Crippen LogP contribution >= 0.6 is 0 Å². The fourth-order valence-corrected chi connectivity index (χ4v) is 5.76. The lowest BCUT2D eigenvalue weighted by molar-refractivity contribution is 0.347. The number of pyridine rings is 1. The van der Waals surface area contributed by atoms with Crippen LogP contribution in [0.15, 0.2) is 58.6 Å². The fraction of sp³-hybridized carbons (Fsp3) is 0.370. The van der Waals surface area contributed by atoms with Crippen LogP contribution in [-0.2, 0) is 13.6 Å². The van der Waals surface area contributed by atoms with Crippen LogP contribution in [0, 0.1) is 29.0 Å². The molecule has 2 aliphatic heterocycles. The monoisotopic (exact) mass is 498 g/mol. The van der Waals surface area contributed by atoms with Crippen molar-refractivity contribution in [3.8, 4) is 17.3 Å². The second-order valence-corrected chi connectivity index (χ2v) is 9.94. The van der Waals surface area contributed by atoms with E-state index in [1.165, 1.54) is 22.9 Å². The molecule has 3 aliphatic rings. The largest absolute Gasteiger partial charge is 0.342 e. The van der Waals surface area contributed by atoms with Crippen LogP contribution in [0.4, 0.5) is 10.3 Å². The molecule has 2 aromatic heterocycles. The standard InChI is InChI=1S/C27H27FN8O/c1-33-24(37)11-23(19-7-8-30-13-22(19)28)32-27(33)34(2)25-20-15-36(16-21(20)25)26-31-9-10-35(26)14-18-5-3-17(12-29)4-6-18/h3-8,11,13,20-21,25H,9-10,14-16H2,1-2H3/t20-,21+,25+. The Morgan fingerprint density at radius 1 is 1.19 bits per heavy atom. The summed E-state index contributed by atoms with van der Waals surface area (Å²) in [5.41, 5.74) is 2.18. The quantitative estimate of drug-likeness (QED) is 0.532. The number of aliphatic imine (C=N–C) groups is 1. The molecule has 6 rings (SSSR count). The highest BCUT2D eigenvalue weighted by molar-refractivity contribution is 5.82. The summed E-state index contributed by atoms with van der Waals surface area (Å²) in [6.07, 6.45) is 2.63. The van der Waals surface area contributed by atoms with E-state index in [1.807, 2.05) is 31.3 Å². The molecule has 0 N–H and O–H groups in total. The van der Waals surface area contributed by atoms with Crippen LogP contribution in [0.25, 0.3) is 11.3 Å². The van der Waals surface area contributed by atoms with Gasteiger partial charge >= 0.3 is 0 Å². The summed E-state index contributed by atoms with van der Waals surface area (Å²) in [6.45, 7) is 4.23. The topological polar surface area (TPSA) is 93.7 Å². The van der Waals surface area contributed by atoms with Crippen LogP contribution in [-0.4, -0.2) is 69.6 Å². The number of hydrogen-bond acceptors (Lipinski definition) is 8. The minimum absolute atomic E-state index is 0.228. The molecule has 1 saturated heterocycles. The number of piperidine rings is 1. The number of aromatic nitrogens is 3. The zero-order valence-electron chi connectivity index (χ0n) is 20.8. The maximum atomic E-state index is 14.3. The Morgan fingerprint density at radius 2 is 1.95 bits per heavy atom. The van der Waals surface area contributed by atoms with Gasteiger partial charge in [-0.15, -0.1) is 0 Å². The van der Waals surface area contributed by atoms with Gasteiger partial charge in [-0.05, 0) is 23.8 Å². The second kappa shape index (κ2) is 9.00. The van der Waals surface area contributed by atoms with Gasteiger partial charge in [-0.25, -0.2) is 9.37 Å². The summed E-state index contributed by atoms with van der Waals surface area (Å²) >= 11 is 0. The molecule has 0 amide bonds. The van der Waals surface area contributed by atoms with E-state index in [-0.39, 0.29) is 17.2 Å². The minimum atomic E-state index is -0.501. The molecule has 10 heteroatoms. The molecule has 0 radical (unpaired) electrons. The third-order valence-electron chi connectivity index (χ3n) is 7.72. The summed E-state index contributed by atoms with van der Waals surface area (Å²) in [5, 5.41) is 9.04. The molecule has 9 nitrogen and oxygen atoms in total. The molecule has 3 aromatic rings. The first-order valence-corrected chi connectivity index (χ1v) is 12.4. The van der Waals surface area contributed by atoms with Gasteiger partial charge < -0.3 is 14.7 Å². The van der Waals surface area contributed by atoms with Crippen molar-refractivity contribution < 1.29 is 4.39 Å². The maximum absolute atomic E-state index is 14.3. The summed E-state index contributed by atoms with van der Waals surface area (Å²) in [6, 6.07) is 13.1. The second-order valence-electron chi connectivity index (χ2n) is 9.94. The number of fused-ring (bicyclic) bond motifs is 1. The van der Waals surface area contributed by atoms with Crippen molar-refractivity contribution in [3.63, 3.8) is 0 Å². The van der Waals surface area contributed by atoms with Crippen LogP contribution in [0.1, 0.15) is 11.1 Å². The van der Waals surface area contributed by atoms with E-state index in [9.17, 15) is 9.18 Å². The van der Waals surface area contributed by atoms with Crippen molar-refractivity contribution in [3.05, 3.63) is 76.1 Å². The summed E-state index contributed by atoms with van der Waals surface area (Å²) < 4.78 is 15.9. The first kappa shape index (κ1) is 23.2. The fourth-order valence-electron chi connectivity index (χ4n) is 5.76. The Labute approximate surface area is 214 Å². The number of benzene rings is 1. The first-order chi connectivity index (χ1) is 17.9. The molecule has 1 aliphatic carbocycles. The average molecular weight is 499 g/mol. The number of hydrogen-bond donors (Lipinski definition) is 0. The van der Waals surface area contributed by atoms with Crippen molar-refractivity contribution in [1.29, 1.82) is 5.26 Å². The van der Waals surface area contributed by atoms with E-state index >= 15 is 0 Å². The summed E-state index contributed by atoms with van der Waals surface area (Å²) in [7, 11) is 3.67. The Morgan fingerprint density at radius 3 is 2.65 bits per heavy atom. The molecule has 2 fully saturated rings. The molecule has 4 heterocycles. The molecule has 0 unspecified atom stereocenters. The third kappa shape index (κ3) is 4.10. The highest BCUT2D eigenvalue weighted by Crippen LogP contribution is 2.49. The number of nitrogens with zero attached hydrogens (tertiary/aromatic N) is 8. The van der Waals surface area contributed by atoms with E-state index < -0.39 is 5.82 Å². The maximum Gasteiger partial charge on any atom is 0.255 e. The van der Waals surface area contributed by atoms with Crippen LogP contribution in [0.5, 0.6) is 0 Å². The first-order valence-electron chi connectivity index (χ1n) is 12.4. The van der Waals surface area contributed by atoms with Crippen LogP contribution < -0.4 is 10.5 Å². The van der Waals surface area contributed by atoms with Gasteiger partial charge in [0.15, 0.2) is 11.8 Å². The number of anilines is 1. The SMILES string of the molecule is CN(c1nc(-c2ccncc2F)cc(=O)n1C)[C@H]1[C@@H]2CN(C3=NCCN3Cc3ccc(C#N)cc3)C[C@@H]21. The molecule has 37 heavy (non-hydrogen) atoms. The van der Waals surface area contributed by atoms with E-state index in [1.54, 1.807) is 7.05 Å². The highest BCUT2D eigenvalue weighted by atomic mass is 19.1. The Bertz CT molecular complexity index is 1460. The zero-order chi connectivity index (χ0) is 25.7. The smallest absolute Gasteiger partial charge is 0.255 e. The van der Waals surface area contributed by atoms with E-state index in [4.69, 9.17) is 10.3 Å². The van der Waals surface area contributed by atoms with Crippen LogP contribution in [0.2, 0.25) is 0 Å². The Balaban J connectivity index is 1.15. The minimum Gasteiger partial charge on any atom is -0.342 e. The predicted molar refractivity (Wildman–Crippen MR) is 137 cm³/mol. The molecule has 1 aromatic carbocycles. The van der Waals surface area contributed by atoms with Crippen molar-refractivity contribution in [2.45, 2.75) is 12.6 Å². The van der Waals surface area contributed by atoms with Gasteiger partial charge in [0.1, 0.15) is 0 Å². The molecule has 0 bridgehead atoms. The van der Waals surface area contributed by atoms with E-state index in [2.05, 4.69) is 30.7 Å². The molecule has 0 spiro atoms. The van der Waals surface area contributed by atoms with Gasteiger partial charge in [0.2, 0.25) is 5.95 Å². The van der Waals surface area contributed by atoms with Crippen LogP contribution in [0.3, 0.4) is 0 Å². The lowest BCUT2D eigenvalue weighted by atomic mass is 10.1. The van der Waals surface area contributed by atoms with Gasteiger partial charge in [0.05, 0.1) is 30.1 Å². The predicted octanol–water partition coefficient (Wildman–Crippen LogP) is 2.09. The van der Waals surface area contributed by atoms with E-state index in [0.29, 0.717) is 29.0 Å². The Kier molecular flexibility index (Phi) is 5.63. The van der Waals surface area contributed by atoms with Crippen molar-refractivity contribution in [2.75, 3.05) is 38.1 Å². The van der Waals surface area contributed by atoms with Gasteiger partial charge in [-0.2, -0.15) is 5.26 Å². The Hall–Kier alpha value is -4.26. The normalized spacial score (nSPS) is 22.0. The number of rotatable bonds is 5. The zero-order valence-corrected chi connectivity index (χ0v) is 20.8. The molecule has 1 saturated carbocycles. The van der Waals surface area contributed by atoms with Crippen molar-refractivity contribution in [2.24, 2.45) is 23.9 Å². The van der Waals surface area contributed by atoms with Gasteiger partial charge in [-0.3, -0.25) is 19.3 Å². The average Bonchev–Trinajstić information content (AvgIpc) is 3.21. The lowest BCUT2D eigenvalue weighted by Crippen LogP contribution is -2.44. The van der Waals surface area contributed by atoms with E-state index in [0.717, 1.165) is 50.4 Å². The van der Waals surface area contributed by atoms with Gasteiger partial charge in [0.25, 0.3) is 5.56 Å². The summed E-state index contributed by atoms with van der Waals surface area (Å²) in [5.74, 6) is 1.97. The van der Waals surface area contributed by atoms with Gasteiger partial charge in [0, 0.05) is 76.0 Å². The van der Waals surface area contributed by atoms with Gasteiger partial charge in [-0.1, -0.05) is 12.1 Å². The van der Waals surface area contributed by atoms with Crippen molar-refractivity contribution in [1.82, 2.24) is 24.3 Å². The molecular weight excluding hydrogens is 471 g/mol. The third-order valence-corrected chi connectivity index (χ3v) is 7.72. The molecule has 188 valence electrons. The number of guanidine groups is 1. The number of halogens is 1. The highest BCUT2D eigenvalue weighted by Gasteiger charge is 2.59. The number of nitriles is 1. The lowest BCUT2D eigenvalue weighted by Gasteiger charge is -2.31.